The van der Waals surface area contributed by atoms with Crippen LogP contribution < -0.4 is 9.64 Å². The van der Waals surface area contributed by atoms with Gasteiger partial charge in [-0.25, -0.2) is 14.8 Å². The normalized spacial score (nSPS) is 22.7. The van der Waals surface area contributed by atoms with Gasteiger partial charge in [-0.05, 0) is 50.7 Å². The predicted molar refractivity (Wildman–Crippen MR) is 131 cm³/mol. The number of hydrogen-bond acceptors (Lipinski definition) is 9. The summed E-state index contributed by atoms with van der Waals surface area (Å²) in [5.41, 5.74) is 1.37. The Morgan fingerprint density at radius 3 is 2.46 bits per heavy atom. The van der Waals surface area contributed by atoms with E-state index in [9.17, 15) is 18.0 Å². The van der Waals surface area contributed by atoms with Crippen molar-refractivity contribution in [3.05, 3.63) is 53.7 Å². The van der Waals surface area contributed by atoms with Gasteiger partial charge in [0.2, 0.25) is 0 Å². The third kappa shape index (κ3) is 5.29. The number of benzene rings is 1. The Kier molecular flexibility index (Phi) is 6.66. The second kappa shape index (κ2) is 10.1. The summed E-state index contributed by atoms with van der Waals surface area (Å²) in [6, 6.07) is 6.36. The van der Waals surface area contributed by atoms with Gasteiger partial charge in [0.15, 0.2) is 5.69 Å². The number of hydrogen-bond donors (Lipinski definition) is 0. The van der Waals surface area contributed by atoms with Crippen LogP contribution in [0.25, 0.3) is 11.3 Å². The van der Waals surface area contributed by atoms with Crippen molar-refractivity contribution in [2.75, 3.05) is 12.0 Å². The molecule has 39 heavy (non-hydrogen) atoms. The largest absolute Gasteiger partial charge is 0.573 e. The highest BCUT2D eigenvalue weighted by Crippen LogP contribution is 2.46. The van der Waals surface area contributed by atoms with E-state index in [0.29, 0.717) is 22.8 Å². The van der Waals surface area contributed by atoms with Crippen molar-refractivity contribution in [2.45, 2.75) is 75.6 Å². The molecule has 0 unspecified atom stereocenters. The van der Waals surface area contributed by atoms with E-state index in [2.05, 4.69) is 24.8 Å². The molecule has 3 fully saturated rings. The molecule has 206 valence electrons. The molecule has 2 bridgehead atoms. The Labute approximate surface area is 222 Å². The zero-order valence-electron chi connectivity index (χ0n) is 21.2. The molecule has 3 atom stereocenters. The van der Waals surface area contributed by atoms with Crippen molar-refractivity contribution in [1.29, 1.82) is 0 Å². The van der Waals surface area contributed by atoms with Gasteiger partial charge in [-0.3, -0.25) is 0 Å². The SMILES string of the molecule is COC(=O)c1cnc(N2[C@@H]3CC[C@H]2C[C@@H](OCc2c(-c4ccccc4OC(F)(F)F)noc2C2CC2)C3)cn1. The molecule has 2 aromatic heterocycles. The van der Waals surface area contributed by atoms with Gasteiger partial charge in [0.1, 0.15) is 23.0 Å². The lowest BCUT2D eigenvalue weighted by Gasteiger charge is -2.39. The number of anilines is 1. The number of carbonyl (C=O) groups is 1. The van der Waals surface area contributed by atoms with Crippen LogP contribution in [0.15, 0.2) is 41.2 Å². The van der Waals surface area contributed by atoms with Crippen LogP contribution >= 0.6 is 0 Å². The number of halogens is 3. The molecular weight excluding hydrogens is 517 g/mol. The van der Waals surface area contributed by atoms with Crippen LogP contribution in [0.2, 0.25) is 0 Å². The van der Waals surface area contributed by atoms with E-state index < -0.39 is 12.3 Å². The second-order valence-corrected chi connectivity index (χ2v) is 10.1. The third-order valence-corrected chi connectivity index (χ3v) is 7.59. The number of aromatic nitrogens is 3. The van der Waals surface area contributed by atoms with Crippen LogP contribution in [0.4, 0.5) is 19.0 Å². The highest BCUT2D eigenvalue weighted by atomic mass is 19.4. The quantitative estimate of drug-likeness (QED) is 0.345. The molecular formula is C27H27F3N4O5. The highest BCUT2D eigenvalue weighted by molar-refractivity contribution is 5.86. The number of nitrogens with zero attached hydrogens (tertiary/aromatic N) is 4. The number of piperidine rings is 1. The number of para-hydroxylation sites is 1. The van der Waals surface area contributed by atoms with E-state index in [4.69, 9.17) is 14.0 Å². The molecule has 3 aliphatic rings. The van der Waals surface area contributed by atoms with Crippen LogP contribution in [0.5, 0.6) is 5.75 Å². The first-order valence-electron chi connectivity index (χ1n) is 12.9. The predicted octanol–water partition coefficient (Wildman–Crippen LogP) is 5.41. The van der Waals surface area contributed by atoms with Crippen molar-refractivity contribution >= 4 is 11.8 Å². The summed E-state index contributed by atoms with van der Waals surface area (Å²) >= 11 is 0. The van der Waals surface area contributed by atoms with Gasteiger partial charge in [0, 0.05) is 29.1 Å². The zero-order chi connectivity index (χ0) is 27.1. The van der Waals surface area contributed by atoms with Crippen molar-refractivity contribution in [2.24, 2.45) is 0 Å². The highest BCUT2D eigenvalue weighted by Gasteiger charge is 2.42. The lowest BCUT2D eigenvalue weighted by molar-refractivity contribution is -0.274. The second-order valence-electron chi connectivity index (χ2n) is 10.1. The lowest BCUT2D eigenvalue weighted by Crippen LogP contribution is -2.46. The van der Waals surface area contributed by atoms with Crippen LogP contribution in [-0.2, 0) is 16.1 Å². The molecule has 1 aliphatic carbocycles. The van der Waals surface area contributed by atoms with E-state index in [-0.39, 0.29) is 47.7 Å². The first kappa shape index (κ1) is 25.6. The van der Waals surface area contributed by atoms with Crippen molar-refractivity contribution in [3.8, 4) is 17.0 Å². The number of esters is 1. The number of rotatable bonds is 8. The maximum Gasteiger partial charge on any atom is 0.573 e. The average Bonchev–Trinajstić information content (AvgIpc) is 3.62. The van der Waals surface area contributed by atoms with E-state index in [1.54, 1.807) is 18.3 Å². The fourth-order valence-electron chi connectivity index (χ4n) is 5.72. The van der Waals surface area contributed by atoms with Gasteiger partial charge in [-0.1, -0.05) is 17.3 Å². The van der Waals surface area contributed by atoms with Gasteiger partial charge >= 0.3 is 12.3 Å². The molecule has 0 N–H and O–H groups in total. The van der Waals surface area contributed by atoms with Crippen molar-refractivity contribution in [1.82, 2.24) is 15.1 Å². The Balaban J connectivity index is 1.18. The molecule has 1 aromatic carbocycles. The Hall–Kier alpha value is -3.67. The topological polar surface area (TPSA) is 99.8 Å². The Bertz CT molecular complexity index is 1330. The number of alkyl halides is 3. The maximum absolute atomic E-state index is 13.1. The third-order valence-electron chi connectivity index (χ3n) is 7.59. The first-order valence-corrected chi connectivity index (χ1v) is 12.9. The molecule has 3 aromatic rings. The fourth-order valence-corrected chi connectivity index (χ4v) is 5.72. The van der Waals surface area contributed by atoms with E-state index in [1.165, 1.54) is 25.4 Å². The van der Waals surface area contributed by atoms with Gasteiger partial charge < -0.3 is 23.6 Å². The summed E-state index contributed by atoms with van der Waals surface area (Å²) in [7, 11) is 1.30. The minimum Gasteiger partial charge on any atom is -0.464 e. The molecule has 4 heterocycles. The molecule has 12 heteroatoms. The van der Waals surface area contributed by atoms with E-state index in [0.717, 1.165) is 38.5 Å². The minimum absolute atomic E-state index is 0.0440. The fraction of sp³-hybridized carbons (Fsp3) is 0.481. The number of methoxy groups -OCH3 is 1. The monoisotopic (exact) mass is 544 g/mol. The molecule has 0 radical (unpaired) electrons. The molecule has 0 spiro atoms. The first-order chi connectivity index (χ1) is 18.8. The van der Waals surface area contributed by atoms with Crippen molar-refractivity contribution < 1.29 is 36.7 Å². The molecule has 1 saturated carbocycles. The van der Waals surface area contributed by atoms with E-state index in [1.807, 2.05) is 0 Å². The Morgan fingerprint density at radius 2 is 1.82 bits per heavy atom. The van der Waals surface area contributed by atoms with Gasteiger partial charge in [0.25, 0.3) is 0 Å². The average molecular weight is 545 g/mol. The molecule has 2 aliphatic heterocycles. The molecule has 9 nitrogen and oxygen atoms in total. The maximum atomic E-state index is 13.1. The van der Waals surface area contributed by atoms with Gasteiger partial charge in [-0.2, -0.15) is 0 Å². The summed E-state index contributed by atoms with van der Waals surface area (Å²) in [5, 5.41) is 4.16. The summed E-state index contributed by atoms with van der Waals surface area (Å²) in [6.07, 6.45) is 3.55. The van der Waals surface area contributed by atoms with Gasteiger partial charge in [-0.15, -0.1) is 13.2 Å². The molecule has 2 saturated heterocycles. The van der Waals surface area contributed by atoms with Gasteiger partial charge in [0.05, 0.1) is 32.2 Å². The standard InChI is InChI=1S/C27H27F3N4O5/c1-36-26(35)21-12-32-23(13-31-21)34-16-8-9-17(34)11-18(10-16)37-14-20-24(33-39-25(20)15-6-7-15)19-4-2-3-5-22(19)38-27(28,29)30/h2-5,12-13,15-18H,6-11,14H2,1H3/t16-,17+,18+. The molecule has 0 amide bonds. The number of fused-ring (bicyclic) bond motifs is 2. The summed E-state index contributed by atoms with van der Waals surface area (Å²) in [5.74, 6) is 0.730. The summed E-state index contributed by atoms with van der Waals surface area (Å²) in [6.45, 7) is 0.183. The van der Waals surface area contributed by atoms with Crippen LogP contribution in [0.1, 0.15) is 66.3 Å². The minimum atomic E-state index is -4.83. The van der Waals surface area contributed by atoms with Crippen LogP contribution in [-0.4, -0.2) is 52.8 Å². The van der Waals surface area contributed by atoms with Crippen LogP contribution in [0, 0.1) is 0 Å². The summed E-state index contributed by atoms with van der Waals surface area (Å²) < 4.78 is 60.2. The lowest BCUT2D eigenvalue weighted by atomic mass is 9.99. The summed E-state index contributed by atoms with van der Waals surface area (Å²) in [4.78, 5) is 22.6. The number of carbonyl (C=O) groups excluding carboxylic acids is 1. The zero-order valence-corrected chi connectivity index (χ0v) is 21.2. The van der Waals surface area contributed by atoms with E-state index >= 15 is 0 Å². The Morgan fingerprint density at radius 1 is 1.08 bits per heavy atom. The number of ether oxygens (including phenoxy) is 3. The van der Waals surface area contributed by atoms with Crippen molar-refractivity contribution in [3.63, 3.8) is 0 Å². The van der Waals surface area contributed by atoms with Crippen LogP contribution in [0.3, 0.4) is 0 Å². The smallest absolute Gasteiger partial charge is 0.464 e. The molecule has 6 rings (SSSR count).